The molecule has 1 atom stereocenters. The van der Waals surface area contributed by atoms with E-state index in [1.807, 2.05) is 50.2 Å². The Hall–Kier alpha value is -4.41. The van der Waals surface area contributed by atoms with E-state index in [0.717, 1.165) is 27.6 Å². The molecule has 0 spiro atoms. The minimum absolute atomic E-state index is 0.208. The lowest BCUT2D eigenvalue weighted by Crippen LogP contribution is -2.11. The van der Waals surface area contributed by atoms with Gasteiger partial charge in [-0.05, 0) is 66.9 Å². The molecule has 2 N–H and O–H groups in total. The number of aromatic nitrogens is 1. The number of anilines is 1. The van der Waals surface area contributed by atoms with E-state index < -0.39 is 5.97 Å². The molecule has 3 aromatic carbocycles. The van der Waals surface area contributed by atoms with Crippen molar-refractivity contribution in [3.05, 3.63) is 89.1 Å². The summed E-state index contributed by atoms with van der Waals surface area (Å²) in [6.07, 6.45) is 0. The number of hydrogen-bond acceptors (Lipinski definition) is 6. The third-order valence-electron chi connectivity index (χ3n) is 5.93. The lowest BCUT2D eigenvalue weighted by atomic mass is 9.95. The summed E-state index contributed by atoms with van der Waals surface area (Å²) in [5.74, 6) is -0.272. The summed E-state index contributed by atoms with van der Waals surface area (Å²) in [7, 11) is 1.62. The number of nitriles is 1. The van der Waals surface area contributed by atoms with E-state index in [4.69, 9.17) is 9.47 Å². The number of aromatic carboxylic acids is 1. The van der Waals surface area contributed by atoms with Crippen molar-refractivity contribution in [1.29, 1.82) is 5.26 Å². The number of nitrogens with zero attached hydrogens (tertiary/aromatic N) is 2. The van der Waals surface area contributed by atoms with E-state index in [1.54, 1.807) is 31.4 Å². The zero-order chi connectivity index (χ0) is 25.7. The normalized spacial score (nSPS) is 11.6. The van der Waals surface area contributed by atoms with Crippen LogP contribution >= 0.6 is 0 Å². The molecule has 7 heteroatoms. The number of para-hydroxylation sites is 1. The maximum atomic E-state index is 11.7. The van der Waals surface area contributed by atoms with Crippen molar-refractivity contribution in [2.45, 2.75) is 19.9 Å². The quantitative estimate of drug-likeness (QED) is 0.283. The third kappa shape index (κ3) is 5.29. The zero-order valence-electron chi connectivity index (χ0n) is 20.4. The van der Waals surface area contributed by atoms with Gasteiger partial charge in [0, 0.05) is 29.8 Å². The summed E-state index contributed by atoms with van der Waals surface area (Å²) in [5.41, 5.74) is 5.33. The molecule has 1 aromatic heterocycles. The van der Waals surface area contributed by atoms with Crippen molar-refractivity contribution in [3.8, 4) is 22.9 Å². The Balaban J connectivity index is 1.75. The van der Waals surface area contributed by atoms with Gasteiger partial charge in [0.15, 0.2) is 0 Å². The fourth-order valence-corrected chi connectivity index (χ4v) is 4.19. The lowest BCUT2D eigenvalue weighted by molar-refractivity contribution is 0.0698. The number of ether oxygens (including phenoxy) is 2. The molecule has 0 aliphatic heterocycles. The highest BCUT2D eigenvalue weighted by atomic mass is 16.5. The minimum Gasteiger partial charge on any atom is -0.491 e. The van der Waals surface area contributed by atoms with E-state index in [9.17, 15) is 15.2 Å². The Bertz CT molecular complexity index is 1440. The second-order valence-corrected chi connectivity index (χ2v) is 8.50. The second kappa shape index (κ2) is 10.9. The number of carboxylic acids is 1. The molecule has 0 saturated heterocycles. The molecule has 0 bridgehead atoms. The van der Waals surface area contributed by atoms with Crippen LogP contribution < -0.4 is 10.1 Å². The Morgan fingerprint density at radius 1 is 1.11 bits per heavy atom. The number of benzene rings is 3. The first-order valence-corrected chi connectivity index (χ1v) is 11.6. The summed E-state index contributed by atoms with van der Waals surface area (Å²) in [5, 5.41) is 23.7. The van der Waals surface area contributed by atoms with Crippen LogP contribution in [0.3, 0.4) is 0 Å². The molecule has 0 amide bonds. The number of aryl methyl sites for hydroxylation is 1. The van der Waals surface area contributed by atoms with Gasteiger partial charge in [-0.25, -0.2) is 9.78 Å². The highest BCUT2D eigenvalue weighted by Crippen LogP contribution is 2.33. The van der Waals surface area contributed by atoms with E-state index in [0.29, 0.717) is 35.9 Å². The summed E-state index contributed by atoms with van der Waals surface area (Å²) >= 11 is 0. The minimum atomic E-state index is -0.989. The molecular formula is C29H27N3O4. The number of nitrogens with one attached hydrogen (secondary N) is 1. The maximum absolute atomic E-state index is 11.7. The van der Waals surface area contributed by atoms with Crippen molar-refractivity contribution in [2.75, 3.05) is 25.6 Å². The van der Waals surface area contributed by atoms with E-state index >= 15 is 0 Å². The second-order valence-electron chi connectivity index (χ2n) is 8.50. The number of pyridine rings is 1. The van der Waals surface area contributed by atoms with Crippen LogP contribution in [-0.2, 0) is 4.74 Å². The number of carboxylic acid groups (broad SMARTS) is 1. The van der Waals surface area contributed by atoms with Crippen molar-refractivity contribution in [2.24, 2.45) is 0 Å². The monoisotopic (exact) mass is 481 g/mol. The fourth-order valence-electron chi connectivity index (χ4n) is 4.19. The number of methoxy groups -OCH3 is 1. The van der Waals surface area contributed by atoms with E-state index in [2.05, 4.69) is 22.4 Å². The molecule has 7 nitrogen and oxygen atoms in total. The smallest absolute Gasteiger partial charge is 0.337 e. The highest BCUT2D eigenvalue weighted by molar-refractivity contribution is 5.94. The van der Waals surface area contributed by atoms with Crippen molar-refractivity contribution < 1.29 is 19.4 Å². The molecule has 4 rings (SSSR count). The van der Waals surface area contributed by atoms with Gasteiger partial charge >= 0.3 is 5.97 Å². The molecule has 0 radical (unpaired) electrons. The van der Waals surface area contributed by atoms with Gasteiger partial charge in [0.1, 0.15) is 24.1 Å². The number of rotatable bonds is 9. The molecule has 0 saturated carbocycles. The van der Waals surface area contributed by atoms with Gasteiger partial charge in [0.05, 0.1) is 17.7 Å². The van der Waals surface area contributed by atoms with Crippen LogP contribution in [0.25, 0.3) is 22.0 Å². The van der Waals surface area contributed by atoms with E-state index in [1.165, 1.54) is 0 Å². The van der Waals surface area contributed by atoms with Gasteiger partial charge in [-0.3, -0.25) is 0 Å². The number of fused-ring (bicyclic) bond motifs is 1. The summed E-state index contributed by atoms with van der Waals surface area (Å²) in [6.45, 7) is 4.91. The Labute approximate surface area is 209 Å². The first-order valence-electron chi connectivity index (χ1n) is 11.6. The molecule has 4 aromatic rings. The van der Waals surface area contributed by atoms with Gasteiger partial charge in [0.25, 0.3) is 0 Å². The zero-order valence-corrected chi connectivity index (χ0v) is 20.4. The van der Waals surface area contributed by atoms with Crippen molar-refractivity contribution >= 4 is 22.6 Å². The number of carbonyl (C=O) groups is 1. The van der Waals surface area contributed by atoms with Gasteiger partial charge in [-0.2, -0.15) is 5.26 Å². The molecule has 0 aliphatic rings. The molecule has 36 heavy (non-hydrogen) atoms. The first kappa shape index (κ1) is 24.7. The van der Waals surface area contributed by atoms with Crippen LogP contribution in [0.5, 0.6) is 5.75 Å². The van der Waals surface area contributed by atoms with Crippen LogP contribution in [-0.4, -0.2) is 36.4 Å². The summed E-state index contributed by atoms with van der Waals surface area (Å²) in [6, 6.07) is 22.4. The van der Waals surface area contributed by atoms with Gasteiger partial charge in [-0.15, -0.1) is 0 Å². The van der Waals surface area contributed by atoms with Gasteiger partial charge in [0.2, 0.25) is 0 Å². The molecule has 0 fully saturated rings. The molecule has 1 heterocycles. The van der Waals surface area contributed by atoms with E-state index in [-0.39, 0.29) is 11.6 Å². The van der Waals surface area contributed by atoms with Crippen LogP contribution in [0, 0.1) is 18.3 Å². The highest BCUT2D eigenvalue weighted by Gasteiger charge is 2.18. The number of hydrogen-bond donors (Lipinski definition) is 2. The third-order valence-corrected chi connectivity index (χ3v) is 5.93. The average molecular weight is 482 g/mol. The molecule has 182 valence electrons. The Morgan fingerprint density at radius 2 is 1.86 bits per heavy atom. The maximum Gasteiger partial charge on any atom is 0.337 e. The Kier molecular flexibility index (Phi) is 7.47. The molecule has 0 aliphatic carbocycles. The predicted molar refractivity (Wildman–Crippen MR) is 139 cm³/mol. The average Bonchev–Trinajstić information content (AvgIpc) is 2.88. The van der Waals surface area contributed by atoms with Crippen molar-refractivity contribution in [1.82, 2.24) is 4.98 Å². The van der Waals surface area contributed by atoms with Crippen LogP contribution in [0.1, 0.15) is 40.1 Å². The lowest BCUT2D eigenvalue weighted by Gasteiger charge is -2.20. The summed E-state index contributed by atoms with van der Waals surface area (Å²) in [4.78, 5) is 16.4. The van der Waals surface area contributed by atoms with Crippen LogP contribution in [0.2, 0.25) is 0 Å². The standard InChI is InChI=1S/C29H27N3O4/c1-18-14-23(19(2)31-26-7-5-4-6-22(26)29(33)34)25-16-24(28(17-30)32-27(25)15-18)20-8-10-21(11-9-20)36-13-12-35-3/h4-11,14-16,19,31H,12-13H2,1-3H3,(H,33,34). The predicted octanol–water partition coefficient (Wildman–Crippen LogP) is 5.98. The largest absolute Gasteiger partial charge is 0.491 e. The van der Waals surface area contributed by atoms with Gasteiger partial charge in [-0.1, -0.05) is 30.3 Å². The molecular weight excluding hydrogens is 454 g/mol. The van der Waals surface area contributed by atoms with Gasteiger partial charge < -0.3 is 19.9 Å². The van der Waals surface area contributed by atoms with Crippen LogP contribution in [0.15, 0.2) is 66.7 Å². The molecule has 1 unspecified atom stereocenters. The van der Waals surface area contributed by atoms with Crippen LogP contribution in [0.4, 0.5) is 5.69 Å². The first-order chi connectivity index (χ1) is 17.4. The SMILES string of the molecule is COCCOc1ccc(-c2cc3c(C(C)Nc4ccccc4C(=O)O)cc(C)cc3nc2C#N)cc1. The van der Waals surface area contributed by atoms with Crippen molar-refractivity contribution in [3.63, 3.8) is 0 Å². The Morgan fingerprint density at radius 3 is 2.56 bits per heavy atom. The fraction of sp³-hybridized carbons (Fsp3) is 0.207. The summed E-state index contributed by atoms with van der Waals surface area (Å²) < 4.78 is 10.7. The topological polar surface area (TPSA) is 104 Å².